The topological polar surface area (TPSA) is 50.7 Å². The van der Waals surface area contributed by atoms with Gasteiger partial charge in [0.05, 0.1) is 6.20 Å². The van der Waals surface area contributed by atoms with Crippen molar-refractivity contribution in [1.82, 2.24) is 20.3 Å². The molecule has 16 heavy (non-hydrogen) atoms. The second-order valence-electron chi connectivity index (χ2n) is 3.40. The van der Waals surface area contributed by atoms with Crippen molar-refractivity contribution >= 4 is 11.3 Å². The molecule has 2 heterocycles. The zero-order chi connectivity index (χ0) is 11.2. The Hall–Kier alpha value is -1.33. The van der Waals surface area contributed by atoms with Gasteiger partial charge in [0, 0.05) is 30.0 Å². The molecule has 0 fully saturated rings. The third-order valence-electron chi connectivity index (χ3n) is 2.06. The normalized spacial score (nSPS) is 10.6. The maximum atomic E-state index is 4.34. The molecule has 0 radical (unpaired) electrons. The van der Waals surface area contributed by atoms with Crippen LogP contribution in [0.25, 0.3) is 10.7 Å². The third kappa shape index (κ3) is 2.84. The van der Waals surface area contributed by atoms with E-state index in [2.05, 4.69) is 27.2 Å². The summed E-state index contributed by atoms with van der Waals surface area (Å²) in [5.74, 6) is 0. The summed E-state index contributed by atoms with van der Waals surface area (Å²) in [6, 6.07) is 0. The molecule has 0 spiro atoms. The summed E-state index contributed by atoms with van der Waals surface area (Å²) >= 11 is 1.66. The van der Waals surface area contributed by atoms with Gasteiger partial charge in [-0.3, -0.25) is 9.97 Å². The van der Waals surface area contributed by atoms with Gasteiger partial charge in [-0.1, -0.05) is 6.92 Å². The predicted octanol–water partition coefficient (Wildman–Crippen LogP) is 2.10. The van der Waals surface area contributed by atoms with E-state index >= 15 is 0 Å². The summed E-state index contributed by atoms with van der Waals surface area (Å²) in [5.41, 5.74) is 0.842. The molecule has 2 aromatic heterocycles. The lowest BCUT2D eigenvalue weighted by Crippen LogP contribution is -2.12. The van der Waals surface area contributed by atoms with E-state index in [1.807, 2.05) is 6.20 Å². The van der Waals surface area contributed by atoms with Crippen LogP contribution in [0.15, 0.2) is 24.8 Å². The minimum absolute atomic E-state index is 0.842. The zero-order valence-corrected chi connectivity index (χ0v) is 10.00. The largest absolute Gasteiger partial charge is 0.312 e. The van der Waals surface area contributed by atoms with Crippen molar-refractivity contribution in [3.63, 3.8) is 0 Å². The van der Waals surface area contributed by atoms with Crippen LogP contribution in [0.1, 0.15) is 18.2 Å². The van der Waals surface area contributed by atoms with Gasteiger partial charge in [0.25, 0.3) is 0 Å². The summed E-state index contributed by atoms with van der Waals surface area (Å²) < 4.78 is 0. The van der Waals surface area contributed by atoms with Crippen molar-refractivity contribution < 1.29 is 0 Å². The molecule has 0 saturated carbocycles. The van der Waals surface area contributed by atoms with E-state index in [0.29, 0.717) is 0 Å². The molecule has 2 aromatic rings. The van der Waals surface area contributed by atoms with E-state index < -0.39 is 0 Å². The fourth-order valence-electron chi connectivity index (χ4n) is 1.31. The molecule has 1 N–H and O–H groups in total. The monoisotopic (exact) mass is 234 g/mol. The smallest absolute Gasteiger partial charge is 0.143 e. The first-order valence-electron chi connectivity index (χ1n) is 5.32. The molecule has 0 saturated heterocycles. The minimum atomic E-state index is 0.842. The lowest BCUT2D eigenvalue weighted by atomic mass is 10.4. The number of hydrogen-bond donors (Lipinski definition) is 1. The van der Waals surface area contributed by atoms with Crippen LogP contribution < -0.4 is 5.32 Å². The maximum absolute atomic E-state index is 4.34. The Morgan fingerprint density at radius 2 is 2.19 bits per heavy atom. The Balaban J connectivity index is 2.02. The average Bonchev–Trinajstić information content (AvgIpc) is 2.79. The number of nitrogens with zero attached hydrogens (tertiary/aromatic N) is 3. The highest BCUT2D eigenvalue weighted by molar-refractivity contribution is 7.14. The molecule has 0 unspecified atom stereocenters. The molecule has 84 valence electrons. The van der Waals surface area contributed by atoms with Crippen LogP contribution in [0, 0.1) is 0 Å². The number of hydrogen-bond acceptors (Lipinski definition) is 5. The SMILES string of the molecule is CCCNCc1cnc(-c2cnccn2)s1. The quantitative estimate of drug-likeness (QED) is 0.805. The summed E-state index contributed by atoms with van der Waals surface area (Å²) in [6.45, 7) is 4.08. The molecule has 0 atom stereocenters. The van der Waals surface area contributed by atoms with Crippen molar-refractivity contribution in [3.8, 4) is 10.7 Å². The Kier molecular flexibility index (Phi) is 3.96. The van der Waals surface area contributed by atoms with Crippen LogP contribution >= 0.6 is 11.3 Å². The first-order valence-corrected chi connectivity index (χ1v) is 6.13. The molecule has 0 aliphatic heterocycles. The highest BCUT2D eigenvalue weighted by Crippen LogP contribution is 2.22. The Labute approximate surface area is 98.8 Å². The molecule has 0 bridgehead atoms. The lowest BCUT2D eigenvalue weighted by molar-refractivity contribution is 0.681. The molecule has 5 heteroatoms. The number of thiazole rings is 1. The second kappa shape index (κ2) is 5.67. The lowest BCUT2D eigenvalue weighted by Gasteiger charge is -1.97. The molecule has 2 rings (SSSR count). The van der Waals surface area contributed by atoms with Gasteiger partial charge < -0.3 is 5.32 Å². The first kappa shape index (κ1) is 11.2. The first-order chi connectivity index (χ1) is 7.90. The summed E-state index contributed by atoms with van der Waals surface area (Å²) in [7, 11) is 0. The van der Waals surface area contributed by atoms with Crippen molar-refractivity contribution in [1.29, 1.82) is 0 Å². The van der Waals surface area contributed by atoms with Crippen LogP contribution in [0.3, 0.4) is 0 Å². The predicted molar refractivity (Wildman–Crippen MR) is 65.1 cm³/mol. The van der Waals surface area contributed by atoms with Gasteiger partial charge in [-0.05, 0) is 13.0 Å². The van der Waals surface area contributed by atoms with Crippen molar-refractivity contribution in [2.24, 2.45) is 0 Å². The van der Waals surface area contributed by atoms with E-state index in [9.17, 15) is 0 Å². The number of rotatable bonds is 5. The van der Waals surface area contributed by atoms with Crippen LogP contribution in [0.2, 0.25) is 0 Å². The Morgan fingerprint density at radius 3 is 2.94 bits per heavy atom. The molecular formula is C11H14N4S. The van der Waals surface area contributed by atoms with Crippen LogP contribution in [-0.4, -0.2) is 21.5 Å². The number of nitrogens with one attached hydrogen (secondary N) is 1. The molecule has 0 amide bonds. The molecule has 0 aliphatic rings. The van der Waals surface area contributed by atoms with Gasteiger partial charge in [0.2, 0.25) is 0 Å². The fraction of sp³-hybridized carbons (Fsp3) is 0.364. The minimum Gasteiger partial charge on any atom is -0.312 e. The fourth-order valence-corrected chi connectivity index (χ4v) is 2.15. The highest BCUT2D eigenvalue weighted by Gasteiger charge is 2.05. The van der Waals surface area contributed by atoms with Gasteiger partial charge in [-0.15, -0.1) is 11.3 Å². The third-order valence-corrected chi connectivity index (χ3v) is 3.08. The van der Waals surface area contributed by atoms with E-state index in [0.717, 1.165) is 30.2 Å². The number of aromatic nitrogens is 3. The van der Waals surface area contributed by atoms with E-state index in [1.54, 1.807) is 29.9 Å². The molecular weight excluding hydrogens is 220 g/mol. The summed E-state index contributed by atoms with van der Waals surface area (Å²) in [5, 5.41) is 4.28. The van der Waals surface area contributed by atoms with E-state index in [4.69, 9.17) is 0 Å². The van der Waals surface area contributed by atoms with Crippen molar-refractivity contribution in [2.45, 2.75) is 19.9 Å². The maximum Gasteiger partial charge on any atom is 0.143 e. The highest BCUT2D eigenvalue weighted by atomic mass is 32.1. The van der Waals surface area contributed by atoms with Crippen LogP contribution in [0.4, 0.5) is 0 Å². The average molecular weight is 234 g/mol. The Morgan fingerprint density at radius 1 is 1.25 bits per heavy atom. The standard InChI is InChI=1S/C11H14N4S/c1-2-3-12-6-9-7-15-11(16-9)10-8-13-4-5-14-10/h4-5,7-8,12H,2-3,6H2,1H3. The van der Waals surface area contributed by atoms with Crippen LogP contribution in [0.5, 0.6) is 0 Å². The molecule has 4 nitrogen and oxygen atoms in total. The van der Waals surface area contributed by atoms with Crippen LogP contribution in [-0.2, 0) is 6.54 Å². The van der Waals surface area contributed by atoms with Crippen molar-refractivity contribution in [2.75, 3.05) is 6.54 Å². The second-order valence-corrected chi connectivity index (χ2v) is 4.51. The zero-order valence-electron chi connectivity index (χ0n) is 9.18. The van der Waals surface area contributed by atoms with Crippen molar-refractivity contribution in [3.05, 3.63) is 29.7 Å². The summed E-state index contributed by atoms with van der Waals surface area (Å²) in [6.07, 6.45) is 8.14. The van der Waals surface area contributed by atoms with E-state index in [1.165, 1.54) is 4.88 Å². The molecule has 0 aromatic carbocycles. The molecule has 0 aliphatic carbocycles. The Bertz CT molecular complexity index is 427. The van der Waals surface area contributed by atoms with Gasteiger partial charge in [0.15, 0.2) is 0 Å². The summed E-state index contributed by atoms with van der Waals surface area (Å²) in [4.78, 5) is 13.8. The van der Waals surface area contributed by atoms with Gasteiger partial charge in [0.1, 0.15) is 10.7 Å². The van der Waals surface area contributed by atoms with E-state index in [-0.39, 0.29) is 0 Å². The van der Waals surface area contributed by atoms with Gasteiger partial charge in [-0.2, -0.15) is 0 Å². The van der Waals surface area contributed by atoms with Gasteiger partial charge in [-0.25, -0.2) is 4.98 Å². The van der Waals surface area contributed by atoms with Gasteiger partial charge >= 0.3 is 0 Å².